The van der Waals surface area contributed by atoms with Crippen LogP contribution in [-0.4, -0.2) is 32.5 Å². The Morgan fingerprint density at radius 3 is 2.86 bits per heavy atom. The first kappa shape index (κ1) is 14.6. The number of carboxylic acid groups (broad SMARTS) is 1. The first-order valence-electron chi connectivity index (χ1n) is 6.38. The van der Waals surface area contributed by atoms with Crippen LogP contribution < -0.4 is 5.32 Å². The highest BCUT2D eigenvalue weighted by molar-refractivity contribution is 5.90. The molecule has 2 N–H and O–H groups in total. The van der Waals surface area contributed by atoms with E-state index < -0.39 is 16.8 Å². The highest BCUT2D eigenvalue weighted by Gasteiger charge is 2.16. The predicted molar refractivity (Wildman–Crippen MR) is 76.1 cm³/mol. The van der Waals surface area contributed by atoms with E-state index in [-0.39, 0.29) is 12.2 Å². The van der Waals surface area contributed by atoms with Crippen molar-refractivity contribution in [2.45, 2.75) is 13.3 Å². The standard InChI is InChI=1S/C13H14N4O4/c1-2-8(13(18)19)6-14-12-10-5-9(17(20)21)3-4-11(10)15-7-16-12/h3-5,7-8H,2,6H2,1H3,(H,18,19)(H,14,15,16). The van der Waals surface area contributed by atoms with Crippen molar-refractivity contribution in [3.63, 3.8) is 0 Å². The Morgan fingerprint density at radius 2 is 2.24 bits per heavy atom. The molecule has 0 fully saturated rings. The lowest BCUT2D eigenvalue weighted by molar-refractivity contribution is -0.384. The third kappa shape index (κ3) is 3.22. The van der Waals surface area contributed by atoms with E-state index in [0.29, 0.717) is 23.1 Å². The van der Waals surface area contributed by atoms with Crippen LogP contribution >= 0.6 is 0 Å². The van der Waals surface area contributed by atoms with E-state index >= 15 is 0 Å². The zero-order chi connectivity index (χ0) is 15.4. The van der Waals surface area contributed by atoms with Crippen LogP contribution in [0.1, 0.15) is 13.3 Å². The number of carboxylic acids is 1. The summed E-state index contributed by atoms with van der Waals surface area (Å²) in [6.07, 6.45) is 1.81. The van der Waals surface area contributed by atoms with E-state index in [1.165, 1.54) is 24.5 Å². The van der Waals surface area contributed by atoms with Crippen LogP contribution in [0.2, 0.25) is 0 Å². The number of nitrogens with one attached hydrogen (secondary N) is 1. The van der Waals surface area contributed by atoms with Gasteiger partial charge in [0.2, 0.25) is 0 Å². The Hall–Kier alpha value is -2.77. The van der Waals surface area contributed by atoms with Gasteiger partial charge in [0.05, 0.1) is 16.4 Å². The lowest BCUT2D eigenvalue weighted by Crippen LogP contribution is -2.22. The fraction of sp³-hybridized carbons (Fsp3) is 0.308. The molecule has 8 nitrogen and oxygen atoms in total. The van der Waals surface area contributed by atoms with Crippen molar-refractivity contribution in [2.75, 3.05) is 11.9 Å². The smallest absolute Gasteiger partial charge is 0.308 e. The highest BCUT2D eigenvalue weighted by Crippen LogP contribution is 2.24. The van der Waals surface area contributed by atoms with Crippen LogP contribution in [0.15, 0.2) is 24.5 Å². The molecule has 1 atom stereocenters. The van der Waals surface area contributed by atoms with Gasteiger partial charge in [0.15, 0.2) is 0 Å². The van der Waals surface area contributed by atoms with Crippen LogP contribution in [0.5, 0.6) is 0 Å². The van der Waals surface area contributed by atoms with Gasteiger partial charge < -0.3 is 10.4 Å². The molecule has 1 heterocycles. The SMILES string of the molecule is CCC(CNc1ncnc2ccc([N+](=O)[O-])cc12)C(=O)O. The van der Waals surface area contributed by atoms with Gasteiger partial charge in [-0.1, -0.05) is 6.92 Å². The van der Waals surface area contributed by atoms with Gasteiger partial charge in [-0.25, -0.2) is 9.97 Å². The summed E-state index contributed by atoms with van der Waals surface area (Å²) in [6.45, 7) is 1.98. The molecule has 0 amide bonds. The quantitative estimate of drug-likeness (QED) is 0.617. The normalized spacial score (nSPS) is 12.0. The second-order valence-corrected chi connectivity index (χ2v) is 4.51. The molecule has 0 aliphatic rings. The van der Waals surface area contributed by atoms with Crippen molar-refractivity contribution in [1.29, 1.82) is 0 Å². The van der Waals surface area contributed by atoms with E-state index in [2.05, 4.69) is 15.3 Å². The lowest BCUT2D eigenvalue weighted by Gasteiger charge is -2.12. The van der Waals surface area contributed by atoms with Gasteiger partial charge >= 0.3 is 5.97 Å². The Balaban J connectivity index is 2.32. The molecule has 1 aromatic carbocycles. The van der Waals surface area contributed by atoms with Gasteiger partial charge in [0.25, 0.3) is 5.69 Å². The minimum Gasteiger partial charge on any atom is -0.481 e. The molecule has 0 bridgehead atoms. The molecule has 0 aliphatic heterocycles. The Morgan fingerprint density at radius 1 is 1.48 bits per heavy atom. The first-order valence-corrected chi connectivity index (χ1v) is 6.38. The third-order valence-corrected chi connectivity index (χ3v) is 3.19. The number of aromatic nitrogens is 2. The average molecular weight is 290 g/mol. The maximum Gasteiger partial charge on any atom is 0.308 e. The molecule has 2 rings (SSSR count). The number of fused-ring (bicyclic) bond motifs is 1. The van der Waals surface area contributed by atoms with Gasteiger partial charge in [-0.2, -0.15) is 0 Å². The molecule has 8 heteroatoms. The van der Waals surface area contributed by atoms with Crippen LogP contribution in [0.25, 0.3) is 10.9 Å². The number of non-ortho nitro benzene ring substituents is 1. The lowest BCUT2D eigenvalue weighted by atomic mass is 10.1. The number of anilines is 1. The molecular weight excluding hydrogens is 276 g/mol. The minimum absolute atomic E-state index is 0.0642. The average Bonchev–Trinajstić information content (AvgIpc) is 2.47. The third-order valence-electron chi connectivity index (χ3n) is 3.19. The van der Waals surface area contributed by atoms with Crippen molar-refractivity contribution in [1.82, 2.24) is 9.97 Å². The maximum absolute atomic E-state index is 11.0. The van der Waals surface area contributed by atoms with Crippen molar-refractivity contribution < 1.29 is 14.8 Å². The highest BCUT2D eigenvalue weighted by atomic mass is 16.6. The molecule has 21 heavy (non-hydrogen) atoms. The number of benzene rings is 1. The summed E-state index contributed by atoms with van der Waals surface area (Å²) >= 11 is 0. The number of nitro benzene ring substituents is 1. The first-order chi connectivity index (χ1) is 10.0. The molecule has 1 unspecified atom stereocenters. The van der Waals surface area contributed by atoms with E-state index in [1.54, 1.807) is 6.92 Å². The number of hydrogen-bond acceptors (Lipinski definition) is 6. The van der Waals surface area contributed by atoms with Crippen LogP contribution in [0.3, 0.4) is 0 Å². The Labute approximate surface area is 120 Å². The topological polar surface area (TPSA) is 118 Å². The summed E-state index contributed by atoms with van der Waals surface area (Å²) in [7, 11) is 0. The molecule has 110 valence electrons. The minimum atomic E-state index is -0.894. The summed E-state index contributed by atoms with van der Waals surface area (Å²) < 4.78 is 0. The zero-order valence-corrected chi connectivity index (χ0v) is 11.3. The van der Waals surface area contributed by atoms with Crippen LogP contribution in [-0.2, 0) is 4.79 Å². The number of hydrogen-bond donors (Lipinski definition) is 2. The van der Waals surface area contributed by atoms with E-state index in [0.717, 1.165) is 0 Å². The summed E-state index contributed by atoms with van der Waals surface area (Å²) in [4.78, 5) is 29.4. The molecule has 0 saturated heterocycles. The summed E-state index contributed by atoms with van der Waals surface area (Å²) in [5.41, 5.74) is 0.493. The van der Waals surface area contributed by atoms with Crippen molar-refractivity contribution in [2.24, 2.45) is 5.92 Å². The zero-order valence-electron chi connectivity index (χ0n) is 11.3. The number of nitrogens with zero attached hydrogens (tertiary/aromatic N) is 3. The number of nitro groups is 1. The second-order valence-electron chi connectivity index (χ2n) is 4.51. The monoisotopic (exact) mass is 290 g/mol. The van der Waals surface area contributed by atoms with Crippen LogP contribution in [0, 0.1) is 16.0 Å². The molecule has 2 aromatic rings. The number of rotatable bonds is 6. The van der Waals surface area contributed by atoms with Gasteiger partial charge in [-0.3, -0.25) is 14.9 Å². The molecule has 0 radical (unpaired) electrons. The largest absolute Gasteiger partial charge is 0.481 e. The fourth-order valence-electron chi connectivity index (χ4n) is 1.93. The summed E-state index contributed by atoms with van der Waals surface area (Å²) in [5, 5.41) is 23.3. The Bertz CT molecular complexity index is 689. The van der Waals surface area contributed by atoms with Crippen molar-refractivity contribution >= 4 is 28.4 Å². The summed E-state index contributed by atoms with van der Waals surface area (Å²) in [6, 6.07) is 4.28. The van der Waals surface area contributed by atoms with E-state index in [1.807, 2.05) is 0 Å². The van der Waals surface area contributed by atoms with Crippen molar-refractivity contribution in [3.8, 4) is 0 Å². The fourth-order valence-corrected chi connectivity index (χ4v) is 1.93. The Kier molecular flexibility index (Phi) is 4.27. The molecular formula is C13H14N4O4. The second kappa shape index (κ2) is 6.12. The number of carbonyl (C=O) groups is 1. The summed E-state index contributed by atoms with van der Waals surface area (Å²) in [5.74, 6) is -1.05. The number of aliphatic carboxylic acids is 1. The van der Waals surface area contributed by atoms with E-state index in [4.69, 9.17) is 5.11 Å². The van der Waals surface area contributed by atoms with Gasteiger partial charge in [-0.05, 0) is 12.5 Å². The maximum atomic E-state index is 11.0. The van der Waals surface area contributed by atoms with E-state index in [9.17, 15) is 14.9 Å². The van der Waals surface area contributed by atoms with Crippen molar-refractivity contribution in [3.05, 3.63) is 34.6 Å². The van der Waals surface area contributed by atoms with Gasteiger partial charge in [-0.15, -0.1) is 0 Å². The van der Waals surface area contributed by atoms with Crippen LogP contribution in [0.4, 0.5) is 11.5 Å². The van der Waals surface area contributed by atoms with Gasteiger partial charge in [0, 0.05) is 24.1 Å². The molecule has 0 aliphatic carbocycles. The molecule has 0 saturated carbocycles. The molecule has 0 spiro atoms. The predicted octanol–water partition coefficient (Wildman–Crippen LogP) is 2.06. The molecule has 1 aromatic heterocycles. The van der Waals surface area contributed by atoms with Gasteiger partial charge in [0.1, 0.15) is 12.1 Å².